The zero-order valence-electron chi connectivity index (χ0n) is 10.5. The molecule has 0 saturated carbocycles. The predicted octanol–water partition coefficient (Wildman–Crippen LogP) is 4.76. The van der Waals surface area contributed by atoms with E-state index in [-0.39, 0.29) is 11.6 Å². The molecule has 0 bridgehead atoms. The van der Waals surface area contributed by atoms with Crippen molar-refractivity contribution in [3.8, 4) is 17.2 Å². The van der Waals surface area contributed by atoms with Crippen LogP contribution in [0.15, 0.2) is 42.5 Å². The number of benzene rings is 2. The Morgan fingerprint density at radius 3 is 2.58 bits per heavy atom. The third kappa shape index (κ3) is 3.61. The van der Waals surface area contributed by atoms with Crippen molar-refractivity contribution in [1.29, 1.82) is 0 Å². The third-order valence-corrected chi connectivity index (χ3v) is 2.80. The normalized spacial score (nSPS) is 10.3. The molecular weight excluding hydrogens is 267 g/mol. The van der Waals surface area contributed by atoms with E-state index in [0.717, 1.165) is 5.56 Å². The minimum Gasteiger partial charge on any atom is -0.494 e. The fraction of sp³-hybridized carbons (Fsp3) is 0.200. The van der Waals surface area contributed by atoms with Crippen LogP contribution in [-0.4, -0.2) is 6.61 Å². The second-order valence-corrected chi connectivity index (χ2v) is 4.18. The molecule has 0 aliphatic heterocycles. The molecule has 0 fully saturated rings. The summed E-state index contributed by atoms with van der Waals surface area (Å²) in [4.78, 5) is 0. The Hall–Kier alpha value is -1.74. The summed E-state index contributed by atoms with van der Waals surface area (Å²) in [5.41, 5.74) is 0.717. The molecule has 0 aliphatic rings. The van der Waals surface area contributed by atoms with Crippen LogP contribution < -0.4 is 9.47 Å². The summed E-state index contributed by atoms with van der Waals surface area (Å²) in [6.07, 6.45) is 0. The van der Waals surface area contributed by atoms with Gasteiger partial charge in [0.15, 0.2) is 11.6 Å². The van der Waals surface area contributed by atoms with E-state index in [0.29, 0.717) is 18.1 Å². The van der Waals surface area contributed by atoms with Gasteiger partial charge in [-0.25, -0.2) is 4.39 Å². The molecule has 4 heteroatoms. The Morgan fingerprint density at radius 1 is 1.11 bits per heavy atom. The molecule has 19 heavy (non-hydrogen) atoms. The van der Waals surface area contributed by atoms with Crippen LogP contribution >= 0.6 is 11.6 Å². The van der Waals surface area contributed by atoms with Crippen molar-refractivity contribution in [2.45, 2.75) is 12.8 Å². The first-order valence-corrected chi connectivity index (χ1v) is 6.51. The van der Waals surface area contributed by atoms with Crippen molar-refractivity contribution >= 4 is 11.6 Å². The summed E-state index contributed by atoms with van der Waals surface area (Å²) in [7, 11) is 0. The van der Waals surface area contributed by atoms with Crippen molar-refractivity contribution in [2.24, 2.45) is 0 Å². The van der Waals surface area contributed by atoms with Crippen LogP contribution in [0.2, 0.25) is 0 Å². The van der Waals surface area contributed by atoms with Gasteiger partial charge in [-0.3, -0.25) is 0 Å². The zero-order valence-corrected chi connectivity index (χ0v) is 11.3. The van der Waals surface area contributed by atoms with Gasteiger partial charge in [0.2, 0.25) is 0 Å². The van der Waals surface area contributed by atoms with Gasteiger partial charge in [-0.1, -0.05) is 12.1 Å². The van der Waals surface area contributed by atoms with Crippen molar-refractivity contribution < 1.29 is 13.9 Å². The fourth-order valence-electron chi connectivity index (χ4n) is 1.63. The molecule has 0 N–H and O–H groups in total. The molecule has 2 rings (SSSR count). The number of alkyl halides is 1. The Bertz CT molecular complexity index is 558. The molecule has 0 radical (unpaired) electrons. The monoisotopic (exact) mass is 280 g/mol. The maximum absolute atomic E-state index is 13.8. The van der Waals surface area contributed by atoms with Crippen molar-refractivity contribution in [1.82, 2.24) is 0 Å². The first-order valence-electron chi connectivity index (χ1n) is 5.98. The number of hydrogen-bond acceptors (Lipinski definition) is 2. The number of rotatable bonds is 5. The average Bonchev–Trinajstić information content (AvgIpc) is 2.42. The van der Waals surface area contributed by atoms with Gasteiger partial charge in [-0.2, -0.15) is 0 Å². The molecule has 2 aromatic rings. The predicted molar refractivity (Wildman–Crippen MR) is 73.6 cm³/mol. The van der Waals surface area contributed by atoms with E-state index in [2.05, 4.69) is 0 Å². The zero-order chi connectivity index (χ0) is 13.7. The quantitative estimate of drug-likeness (QED) is 0.736. The van der Waals surface area contributed by atoms with Crippen molar-refractivity contribution in [2.75, 3.05) is 6.61 Å². The van der Waals surface area contributed by atoms with E-state index >= 15 is 0 Å². The molecule has 0 amide bonds. The van der Waals surface area contributed by atoms with Gasteiger partial charge in [0, 0.05) is 11.9 Å². The summed E-state index contributed by atoms with van der Waals surface area (Å²) >= 11 is 5.64. The van der Waals surface area contributed by atoms with E-state index in [1.54, 1.807) is 30.3 Å². The van der Waals surface area contributed by atoms with E-state index in [1.807, 2.05) is 13.0 Å². The maximum atomic E-state index is 13.8. The number of hydrogen-bond donors (Lipinski definition) is 0. The molecule has 0 aliphatic carbocycles. The smallest absolute Gasteiger partial charge is 0.166 e. The minimum atomic E-state index is -0.431. The molecular formula is C15H14ClFO2. The lowest BCUT2D eigenvalue weighted by molar-refractivity contribution is 0.337. The maximum Gasteiger partial charge on any atom is 0.166 e. The molecule has 0 spiro atoms. The molecule has 100 valence electrons. The number of ether oxygens (including phenoxy) is 2. The van der Waals surface area contributed by atoms with E-state index in [9.17, 15) is 4.39 Å². The molecule has 2 aromatic carbocycles. The van der Waals surface area contributed by atoms with Crippen molar-refractivity contribution in [3.63, 3.8) is 0 Å². The first kappa shape index (κ1) is 13.7. The molecule has 0 heterocycles. The third-order valence-electron chi connectivity index (χ3n) is 2.49. The van der Waals surface area contributed by atoms with Gasteiger partial charge < -0.3 is 9.47 Å². The Kier molecular flexibility index (Phi) is 4.63. The van der Waals surface area contributed by atoms with Crippen LogP contribution in [0.3, 0.4) is 0 Å². The summed E-state index contributed by atoms with van der Waals surface area (Å²) in [5.74, 6) is 1.24. The summed E-state index contributed by atoms with van der Waals surface area (Å²) in [6.45, 7) is 2.47. The van der Waals surface area contributed by atoms with Gasteiger partial charge in [-0.05, 0) is 36.8 Å². The Labute approximate surface area is 116 Å². The SMILES string of the molecule is CCOc1cccc(Oc2ccc(CCl)cc2F)c1. The topological polar surface area (TPSA) is 18.5 Å². The van der Waals surface area contributed by atoms with Crippen molar-refractivity contribution in [3.05, 3.63) is 53.8 Å². The number of halogens is 2. The van der Waals surface area contributed by atoms with Crippen LogP contribution in [0.25, 0.3) is 0 Å². The Balaban J connectivity index is 2.18. The fourth-order valence-corrected chi connectivity index (χ4v) is 1.80. The molecule has 0 unspecified atom stereocenters. The van der Waals surface area contributed by atoms with Crippen LogP contribution in [0.4, 0.5) is 4.39 Å². The minimum absolute atomic E-state index is 0.169. The summed E-state index contributed by atoms with van der Waals surface area (Å²) < 4.78 is 24.6. The highest BCUT2D eigenvalue weighted by atomic mass is 35.5. The summed E-state index contributed by atoms with van der Waals surface area (Å²) in [6, 6.07) is 11.8. The molecule has 0 saturated heterocycles. The lowest BCUT2D eigenvalue weighted by atomic mass is 10.2. The van der Waals surface area contributed by atoms with Crippen LogP contribution in [0, 0.1) is 5.82 Å². The van der Waals surface area contributed by atoms with E-state index in [4.69, 9.17) is 21.1 Å². The Morgan fingerprint density at radius 2 is 1.89 bits per heavy atom. The highest BCUT2D eigenvalue weighted by Crippen LogP contribution is 2.28. The lowest BCUT2D eigenvalue weighted by Gasteiger charge is -2.09. The molecule has 0 atom stereocenters. The highest BCUT2D eigenvalue weighted by molar-refractivity contribution is 6.17. The summed E-state index contributed by atoms with van der Waals surface area (Å²) in [5, 5.41) is 0. The van der Waals surface area contributed by atoms with Gasteiger partial charge in [0.1, 0.15) is 11.5 Å². The second kappa shape index (κ2) is 6.43. The van der Waals surface area contributed by atoms with Gasteiger partial charge >= 0.3 is 0 Å². The highest BCUT2D eigenvalue weighted by Gasteiger charge is 2.06. The lowest BCUT2D eigenvalue weighted by Crippen LogP contribution is -1.93. The second-order valence-electron chi connectivity index (χ2n) is 3.91. The van der Waals surface area contributed by atoms with Crippen LogP contribution in [0.5, 0.6) is 17.2 Å². The van der Waals surface area contributed by atoms with E-state index in [1.165, 1.54) is 6.07 Å². The first-order chi connectivity index (χ1) is 9.22. The average molecular weight is 281 g/mol. The standard InChI is InChI=1S/C15H14ClFO2/c1-2-18-12-4-3-5-13(9-12)19-15-7-6-11(10-16)8-14(15)17/h3-9H,2,10H2,1H3. The van der Waals surface area contributed by atoms with Gasteiger partial charge in [0.25, 0.3) is 0 Å². The van der Waals surface area contributed by atoms with E-state index < -0.39 is 5.82 Å². The molecule has 0 aromatic heterocycles. The van der Waals surface area contributed by atoms with Gasteiger partial charge in [-0.15, -0.1) is 11.6 Å². The molecule has 2 nitrogen and oxygen atoms in total. The largest absolute Gasteiger partial charge is 0.494 e. The van der Waals surface area contributed by atoms with Gasteiger partial charge in [0.05, 0.1) is 6.61 Å². The van der Waals surface area contributed by atoms with Crippen LogP contribution in [0.1, 0.15) is 12.5 Å². The van der Waals surface area contributed by atoms with Crippen LogP contribution in [-0.2, 0) is 5.88 Å².